The predicted molar refractivity (Wildman–Crippen MR) is 76.8 cm³/mol. The number of hydrogen-bond acceptors (Lipinski definition) is 3. The van der Waals surface area contributed by atoms with E-state index in [1.807, 2.05) is 32.9 Å². The third-order valence-corrected chi connectivity index (χ3v) is 3.71. The highest BCUT2D eigenvalue weighted by Crippen LogP contribution is 2.50. The summed E-state index contributed by atoms with van der Waals surface area (Å²) in [5, 5.41) is 0. The van der Waals surface area contributed by atoms with Gasteiger partial charge in [-0.25, -0.2) is 4.79 Å². The molecule has 19 heavy (non-hydrogen) atoms. The number of carbonyl (C=O) groups is 1. The molecule has 0 radical (unpaired) electrons. The van der Waals surface area contributed by atoms with Gasteiger partial charge in [-0.05, 0) is 61.7 Å². The Balaban J connectivity index is 2.16. The zero-order valence-electron chi connectivity index (χ0n) is 11.7. The molecule has 0 atom stereocenters. The predicted octanol–water partition coefficient (Wildman–Crippen LogP) is 3.70. The second-order valence-corrected chi connectivity index (χ2v) is 6.85. The zero-order valence-corrected chi connectivity index (χ0v) is 13.3. The molecule has 1 aliphatic carbocycles. The van der Waals surface area contributed by atoms with Gasteiger partial charge in [-0.3, -0.25) is 9.88 Å². The van der Waals surface area contributed by atoms with Gasteiger partial charge in [-0.2, -0.15) is 0 Å². The lowest BCUT2D eigenvalue weighted by Gasteiger charge is -2.30. The molecule has 104 valence electrons. The van der Waals surface area contributed by atoms with Gasteiger partial charge in [0.25, 0.3) is 0 Å². The summed E-state index contributed by atoms with van der Waals surface area (Å²) < 4.78 is 6.36. The molecule has 5 heteroatoms. The van der Waals surface area contributed by atoms with Gasteiger partial charge in [0.2, 0.25) is 0 Å². The number of nitrogens with zero attached hydrogens (tertiary/aromatic N) is 2. The summed E-state index contributed by atoms with van der Waals surface area (Å²) in [6.07, 6.45) is 3.32. The minimum atomic E-state index is -0.478. The van der Waals surface area contributed by atoms with Crippen LogP contribution in [0.4, 0.5) is 4.79 Å². The van der Waals surface area contributed by atoms with E-state index in [0.717, 1.165) is 23.0 Å². The van der Waals surface area contributed by atoms with Gasteiger partial charge < -0.3 is 4.74 Å². The van der Waals surface area contributed by atoms with Crippen molar-refractivity contribution in [2.45, 2.75) is 44.8 Å². The first-order valence-corrected chi connectivity index (χ1v) is 7.13. The van der Waals surface area contributed by atoms with Gasteiger partial charge in [0.15, 0.2) is 0 Å². The Bertz CT molecular complexity index is 475. The highest BCUT2D eigenvalue weighted by molar-refractivity contribution is 9.10. The number of amides is 1. The van der Waals surface area contributed by atoms with Crippen LogP contribution in [0.15, 0.2) is 22.8 Å². The van der Waals surface area contributed by atoms with E-state index in [1.54, 1.807) is 18.1 Å². The van der Waals surface area contributed by atoms with Crippen LogP contribution in [-0.4, -0.2) is 28.6 Å². The molecule has 1 fully saturated rings. The molecule has 4 nitrogen and oxygen atoms in total. The molecule has 1 amide bonds. The monoisotopic (exact) mass is 326 g/mol. The van der Waals surface area contributed by atoms with Crippen LogP contribution in [0.2, 0.25) is 0 Å². The summed E-state index contributed by atoms with van der Waals surface area (Å²) in [5.41, 5.74) is 0.154. The minimum absolute atomic E-state index is 0.289. The molecular weight excluding hydrogens is 308 g/mol. The van der Waals surface area contributed by atoms with Crippen LogP contribution in [0.1, 0.15) is 39.3 Å². The van der Waals surface area contributed by atoms with Gasteiger partial charge in [0.05, 0.1) is 11.2 Å². The maximum Gasteiger partial charge on any atom is 0.410 e. The first-order chi connectivity index (χ1) is 8.74. The maximum absolute atomic E-state index is 12.2. The number of rotatable bonds is 2. The van der Waals surface area contributed by atoms with E-state index in [-0.39, 0.29) is 11.6 Å². The summed E-state index contributed by atoms with van der Waals surface area (Å²) in [5.74, 6) is 0. The van der Waals surface area contributed by atoms with Crippen molar-refractivity contribution in [1.29, 1.82) is 0 Å². The molecule has 0 bridgehead atoms. The highest BCUT2D eigenvalue weighted by atomic mass is 79.9. The highest BCUT2D eigenvalue weighted by Gasteiger charge is 2.52. The fraction of sp³-hybridized carbons (Fsp3) is 0.571. The van der Waals surface area contributed by atoms with Crippen LogP contribution in [0, 0.1) is 0 Å². The average Bonchev–Trinajstić information content (AvgIpc) is 3.08. The molecule has 1 saturated carbocycles. The summed E-state index contributed by atoms with van der Waals surface area (Å²) in [4.78, 5) is 18.2. The molecule has 1 aliphatic rings. The lowest BCUT2D eigenvalue weighted by molar-refractivity contribution is 0.0185. The van der Waals surface area contributed by atoms with Gasteiger partial charge in [0, 0.05) is 17.7 Å². The molecule has 1 heterocycles. The Morgan fingerprint density at radius 3 is 2.47 bits per heavy atom. The zero-order chi connectivity index (χ0) is 14.3. The number of ether oxygens (including phenoxy) is 1. The number of aromatic nitrogens is 1. The molecule has 0 spiro atoms. The van der Waals surface area contributed by atoms with Gasteiger partial charge in [0.1, 0.15) is 5.60 Å². The normalized spacial score (nSPS) is 16.9. The van der Waals surface area contributed by atoms with Crippen LogP contribution < -0.4 is 0 Å². The van der Waals surface area contributed by atoms with Gasteiger partial charge in [-0.15, -0.1) is 0 Å². The van der Waals surface area contributed by atoms with Gasteiger partial charge in [-0.1, -0.05) is 0 Å². The summed E-state index contributed by atoms with van der Waals surface area (Å²) in [7, 11) is 1.78. The Labute approximate surface area is 122 Å². The van der Waals surface area contributed by atoms with Gasteiger partial charge >= 0.3 is 6.09 Å². The maximum atomic E-state index is 12.2. The Morgan fingerprint density at radius 2 is 2.05 bits per heavy atom. The molecule has 0 aliphatic heterocycles. The van der Waals surface area contributed by atoms with Crippen LogP contribution in [-0.2, 0) is 10.3 Å². The second kappa shape index (κ2) is 4.78. The minimum Gasteiger partial charge on any atom is -0.444 e. The molecule has 0 unspecified atom stereocenters. The molecule has 1 aromatic heterocycles. The molecular formula is C14H19BrN2O2. The Hall–Kier alpha value is -1.10. The fourth-order valence-corrected chi connectivity index (χ4v) is 2.27. The number of hydrogen-bond donors (Lipinski definition) is 0. The van der Waals surface area contributed by atoms with Crippen LogP contribution >= 0.6 is 15.9 Å². The SMILES string of the molecule is CN(C(=O)OC(C)(C)C)C1(c2ccc(Br)cn2)CC1. The van der Waals surface area contributed by atoms with E-state index in [1.165, 1.54) is 0 Å². The molecule has 1 aromatic rings. The van der Waals surface area contributed by atoms with Crippen LogP contribution in [0.3, 0.4) is 0 Å². The van der Waals surface area contributed by atoms with E-state index in [2.05, 4.69) is 20.9 Å². The first-order valence-electron chi connectivity index (χ1n) is 6.33. The van der Waals surface area contributed by atoms with Crippen molar-refractivity contribution in [3.05, 3.63) is 28.5 Å². The van der Waals surface area contributed by atoms with Crippen LogP contribution in [0.25, 0.3) is 0 Å². The van der Waals surface area contributed by atoms with Crippen LogP contribution in [0.5, 0.6) is 0 Å². The fourth-order valence-electron chi connectivity index (χ4n) is 2.04. The van der Waals surface area contributed by atoms with E-state index in [4.69, 9.17) is 4.74 Å². The third kappa shape index (κ3) is 3.08. The molecule has 2 rings (SSSR count). The molecule has 0 saturated heterocycles. The van der Waals surface area contributed by atoms with E-state index >= 15 is 0 Å². The van der Waals surface area contributed by atoms with E-state index < -0.39 is 5.60 Å². The van der Waals surface area contributed by atoms with Crippen molar-refractivity contribution in [3.8, 4) is 0 Å². The molecule has 0 aromatic carbocycles. The summed E-state index contributed by atoms with van der Waals surface area (Å²) in [6.45, 7) is 5.61. The van der Waals surface area contributed by atoms with Crippen molar-refractivity contribution >= 4 is 22.0 Å². The van der Waals surface area contributed by atoms with Crippen molar-refractivity contribution < 1.29 is 9.53 Å². The lowest BCUT2D eigenvalue weighted by Crippen LogP contribution is -2.41. The Morgan fingerprint density at radius 1 is 1.42 bits per heavy atom. The summed E-state index contributed by atoms with van der Waals surface area (Å²) in [6, 6.07) is 3.91. The molecule has 0 N–H and O–H groups in total. The second-order valence-electron chi connectivity index (χ2n) is 5.93. The lowest BCUT2D eigenvalue weighted by atomic mass is 10.1. The standard InChI is InChI=1S/C14H19BrN2O2/c1-13(2,3)19-12(18)17(4)14(7-8-14)11-6-5-10(15)9-16-11/h5-6,9H,7-8H2,1-4H3. The number of pyridine rings is 1. The van der Waals surface area contributed by atoms with Crippen molar-refractivity contribution in [2.24, 2.45) is 0 Å². The van der Waals surface area contributed by atoms with E-state index in [9.17, 15) is 4.79 Å². The quantitative estimate of drug-likeness (QED) is 0.832. The number of halogens is 1. The first kappa shape index (κ1) is 14.3. The average molecular weight is 327 g/mol. The van der Waals surface area contributed by atoms with Crippen molar-refractivity contribution in [3.63, 3.8) is 0 Å². The topological polar surface area (TPSA) is 42.4 Å². The third-order valence-electron chi connectivity index (χ3n) is 3.24. The smallest absolute Gasteiger partial charge is 0.410 e. The summed E-state index contributed by atoms with van der Waals surface area (Å²) >= 11 is 3.37. The largest absolute Gasteiger partial charge is 0.444 e. The van der Waals surface area contributed by atoms with Crippen molar-refractivity contribution in [1.82, 2.24) is 9.88 Å². The van der Waals surface area contributed by atoms with Crippen molar-refractivity contribution in [2.75, 3.05) is 7.05 Å². The Kier molecular flexibility index (Phi) is 3.60. The number of carbonyl (C=O) groups excluding carboxylic acids is 1. The van der Waals surface area contributed by atoms with E-state index in [0.29, 0.717) is 0 Å².